The van der Waals surface area contributed by atoms with E-state index in [0.29, 0.717) is 12.6 Å². The van der Waals surface area contributed by atoms with Gasteiger partial charge in [-0.05, 0) is 38.8 Å². The maximum atomic E-state index is 12.7. The largest absolute Gasteiger partial charge is 0.357 e. The third-order valence-corrected chi connectivity index (χ3v) is 5.61. The van der Waals surface area contributed by atoms with Crippen LogP contribution in [0.5, 0.6) is 0 Å². The topological polar surface area (TPSA) is 58.1 Å². The van der Waals surface area contributed by atoms with Crippen LogP contribution in [-0.4, -0.2) is 33.9 Å². The van der Waals surface area contributed by atoms with Crippen LogP contribution in [-0.2, 0) is 4.79 Å². The van der Waals surface area contributed by atoms with Crippen LogP contribution in [0, 0.1) is 0 Å². The first-order chi connectivity index (χ1) is 11.2. The molecule has 1 aromatic carbocycles. The van der Waals surface area contributed by atoms with Crippen molar-refractivity contribution in [1.82, 2.24) is 10.2 Å². The molecule has 0 bridgehead atoms. The number of thioether (sulfide) groups is 1. The summed E-state index contributed by atoms with van der Waals surface area (Å²) in [5.74, 6) is 0.0932. The van der Waals surface area contributed by atoms with Crippen molar-refractivity contribution in [2.45, 2.75) is 42.3 Å². The number of hydrogen-bond acceptors (Lipinski definition) is 6. The number of hydrogen-bond donors (Lipinski definition) is 1. The minimum atomic E-state index is -0.197. The summed E-state index contributed by atoms with van der Waals surface area (Å²) in [7, 11) is 0. The summed E-state index contributed by atoms with van der Waals surface area (Å²) in [6, 6.07) is 10.3. The summed E-state index contributed by atoms with van der Waals surface area (Å²) < 4.78 is 0.832. The third-order valence-electron chi connectivity index (χ3n) is 3.59. The molecule has 3 rings (SSSR count). The van der Waals surface area contributed by atoms with Gasteiger partial charge >= 0.3 is 0 Å². The van der Waals surface area contributed by atoms with E-state index >= 15 is 0 Å². The van der Waals surface area contributed by atoms with E-state index in [0.717, 1.165) is 15.2 Å². The smallest absolute Gasteiger partial charge is 0.240 e. The zero-order valence-electron chi connectivity index (χ0n) is 13.2. The van der Waals surface area contributed by atoms with Gasteiger partial charge in [-0.3, -0.25) is 4.79 Å². The first-order valence-corrected chi connectivity index (χ1v) is 9.50. The normalized spacial score (nSPS) is 15.2. The Kier molecular flexibility index (Phi) is 5.17. The fourth-order valence-corrected chi connectivity index (χ4v) is 4.25. The zero-order chi connectivity index (χ0) is 16.2. The summed E-state index contributed by atoms with van der Waals surface area (Å²) in [6.07, 6.45) is 2.42. The summed E-state index contributed by atoms with van der Waals surface area (Å²) in [6.45, 7) is 4.57. The van der Waals surface area contributed by atoms with E-state index in [1.807, 2.05) is 49.1 Å². The molecular weight excluding hydrogens is 328 g/mol. The van der Waals surface area contributed by atoms with Gasteiger partial charge in [-0.2, -0.15) is 0 Å². The van der Waals surface area contributed by atoms with E-state index in [9.17, 15) is 4.79 Å². The number of rotatable bonds is 7. The molecule has 0 aliphatic heterocycles. The second-order valence-electron chi connectivity index (χ2n) is 5.47. The van der Waals surface area contributed by atoms with Crippen molar-refractivity contribution in [1.29, 1.82) is 0 Å². The van der Waals surface area contributed by atoms with Crippen LogP contribution in [0.4, 0.5) is 10.8 Å². The fraction of sp³-hybridized carbons (Fsp3) is 0.438. The molecule has 122 valence electrons. The maximum Gasteiger partial charge on any atom is 0.240 e. The molecule has 7 heteroatoms. The number of nitrogens with zero attached hydrogens (tertiary/aromatic N) is 3. The van der Waals surface area contributed by atoms with Gasteiger partial charge in [0.05, 0.1) is 5.25 Å². The fourth-order valence-electron chi connectivity index (χ4n) is 2.21. The molecule has 0 saturated heterocycles. The van der Waals surface area contributed by atoms with E-state index in [1.165, 1.54) is 35.9 Å². The Morgan fingerprint density at radius 1 is 1.39 bits per heavy atom. The van der Waals surface area contributed by atoms with Gasteiger partial charge in [0.2, 0.25) is 11.0 Å². The number of amides is 1. The van der Waals surface area contributed by atoms with Gasteiger partial charge in [0.15, 0.2) is 4.34 Å². The molecule has 0 radical (unpaired) electrons. The molecule has 1 heterocycles. The Hall–Kier alpha value is -1.60. The minimum absolute atomic E-state index is 0.0932. The quantitative estimate of drug-likeness (QED) is 0.774. The van der Waals surface area contributed by atoms with Gasteiger partial charge in [-0.25, -0.2) is 0 Å². The first-order valence-electron chi connectivity index (χ1n) is 7.80. The molecule has 1 fully saturated rings. The van der Waals surface area contributed by atoms with E-state index < -0.39 is 0 Å². The Labute approximate surface area is 144 Å². The van der Waals surface area contributed by atoms with Crippen LogP contribution in [0.3, 0.4) is 0 Å². The third kappa shape index (κ3) is 4.23. The molecule has 1 aliphatic rings. The lowest BCUT2D eigenvalue weighted by atomic mass is 10.2. The first kappa shape index (κ1) is 16.3. The Morgan fingerprint density at radius 3 is 2.78 bits per heavy atom. The average Bonchev–Trinajstić information content (AvgIpc) is 3.27. The van der Waals surface area contributed by atoms with E-state index in [-0.39, 0.29) is 11.2 Å². The van der Waals surface area contributed by atoms with Crippen LogP contribution in [0.15, 0.2) is 34.7 Å². The monoisotopic (exact) mass is 348 g/mol. The van der Waals surface area contributed by atoms with Gasteiger partial charge in [-0.1, -0.05) is 41.3 Å². The Balaban J connectivity index is 1.62. The molecule has 23 heavy (non-hydrogen) atoms. The van der Waals surface area contributed by atoms with Crippen molar-refractivity contribution >= 4 is 39.8 Å². The molecule has 1 saturated carbocycles. The second-order valence-corrected chi connectivity index (χ2v) is 8.04. The number of carbonyl (C=O) groups is 1. The average molecular weight is 348 g/mol. The van der Waals surface area contributed by atoms with Gasteiger partial charge in [0, 0.05) is 18.3 Å². The van der Waals surface area contributed by atoms with Crippen molar-refractivity contribution < 1.29 is 4.79 Å². The number of para-hydroxylation sites is 1. The molecule has 2 aromatic rings. The number of carbonyl (C=O) groups excluding carboxylic acids is 1. The summed E-state index contributed by atoms with van der Waals surface area (Å²) in [5, 5.41) is 12.3. The predicted octanol–water partition coefficient (Wildman–Crippen LogP) is 3.65. The van der Waals surface area contributed by atoms with E-state index in [1.54, 1.807) is 0 Å². The van der Waals surface area contributed by atoms with Crippen LogP contribution in [0.2, 0.25) is 0 Å². The molecular formula is C16H20N4OS2. The van der Waals surface area contributed by atoms with Crippen molar-refractivity contribution in [3.63, 3.8) is 0 Å². The molecule has 1 atom stereocenters. The molecule has 1 aliphatic carbocycles. The van der Waals surface area contributed by atoms with Gasteiger partial charge in [0.25, 0.3) is 0 Å². The van der Waals surface area contributed by atoms with Gasteiger partial charge in [0.1, 0.15) is 0 Å². The second kappa shape index (κ2) is 7.31. The van der Waals surface area contributed by atoms with Crippen molar-refractivity contribution in [3.05, 3.63) is 30.3 Å². The standard InChI is InChI=1S/C16H20N4OS2/c1-3-20(13-7-5-4-6-8-13)14(21)11(2)22-16-19-18-15(23-16)17-12-9-10-12/h4-8,11-12H,3,9-10H2,1-2H3,(H,17,18). The lowest BCUT2D eigenvalue weighted by molar-refractivity contribution is -0.117. The number of benzene rings is 1. The lowest BCUT2D eigenvalue weighted by Crippen LogP contribution is -2.36. The minimum Gasteiger partial charge on any atom is -0.357 e. The van der Waals surface area contributed by atoms with Crippen LogP contribution >= 0.6 is 23.1 Å². The number of nitrogens with one attached hydrogen (secondary N) is 1. The highest BCUT2D eigenvalue weighted by Gasteiger charge is 2.25. The highest BCUT2D eigenvalue weighted by Crippen LogP contribution is 2.33. The maximum absolute atomic E-state index is 12.7. The van der Waals surface area contributed by atoms with Gasteiger partial charge < -0.3 is 10.2 Å². The van der Waals surface area contributed by atoms with Crippen LogP contribution in [0.1, 0.15) is 26.7 Å². The van der Waals surface area contributed by atoms with Crippen LogP contribution < -0.4 is 10.2 Å². The highest BCUT2D eigenvalue weighted by molar-refractivity contribution is 8.02. The summed E-state index contributed by atoms with van der Waals surface area (Å²) in [4.78, 5) is 14.5. The van der Waals surface area contributed by atoms with Gasteiger partial charge in [-0.15, -0.1) is 10.2 Å². The molecule has 1 N–H and O–H groups in total. The molecule has 1 aromatic heterocycles. The highest BCUT2D eigenvalue weighted by atomic mass is 32.2. The SMILES string of the molecule is CCN(C(=O)C(C)Sc1nnc(NC2CC2)s1)c1ccccc1. The van der Waals surface area contributed by atoms with E-state index in [2.05, 4.69) is 15.5 Å². The number of aromatic nitrogens is 2. The van der Waals surface area contributed by atoms with Crippen molar-refractivity contribution in [2.75, 3.05) is 16.8 Å². The summed E-state index contributed by atoms with van der Waals surface area (Å²) in [5.41, 5.74) is 0.931. The molecule has 0 spiro atoms. The number of anilines is 2. The Bertz CT molecular complexity index is 657. The molecule has 1 amide bonds. The van der Waals surface area contributed by atoms with E-state index in [4.69, 9.17) is 0 Å². The predicted molar refractivity (Wildman–Crippen MR) is 96.3 cm³/mol. The van der Waals surface area contributed by atoms with Crippen molar-refractivity contribution in [3.8, 4) is 0 Å². The zero-order valence-corrected chi connectivity index (χ0v) is 14.9. The lowest BCUT2D eigenvalue weighted by Gasteiger charge is -2.23. The van der Waals surface area contributed by atoms with Crippen LogP contribution in [0.25, 0.3) is 0 Å². The molecule has 5 nitrogen and oxygen atoms in total. The van der Waals surface area contributed by atoms with Crippen molar-refractivity contribution in [2.24, 2.45) is 0 Å². The summed E-state index contributed by atoms with van der Waals surface area (Å²) >= 11 is 2.99. The molecule has 1 unspecified atom stereocenters. The Morgan fingerprint density at radius 2 is 2.13 bits per heavy atom.